The van der Waals surface area contributed by atoms with Crippen LogP contribution < -0.4 is 9.47 Å². The average molecular weight is 261 g/mol. The zero-order valence-corrected chi connectivity index (χ0v) is 10.5. The van der Waals surface area contributed by atoms with E-state index >= 15 is 0 Å². The maximum Gasteiger partial charge on any atom is 0.224 e. The molecular weight excluding hydrogens is 249 g/mol. The summed E-state index contributed by atoms with van der Waals surface area (Å²) in [6.07, 6.45) is 1.50. The van der Waals surface area contributed by atoms with E-state index in [1.165, 1.54) is 38.6 Å². The molecule has 1 heterocycles. The maximum atomic E-state index is 14.0. The molecule has 19 heavy (non-hydrogen) atoms. The van der Waals surface area contributed by atoms with Crippen molar-refractivity contribution < 1.29 is 18.7 Å². The third kappa shape index (κ3) is 2.40. The third-order valence-corrected chi connectivity index (χ3v) is 2.64. The number of nitrogens with zero attached hydrogens (tertiary/aromatic N) is 1. The number of rotatable bonds is 4. The van der Waals surface area contributed by atoms with Gasteiger partial charge in [-0.3, -0.25) is 4.79 Å². The van der Waals surface area contributed by atoms with Crippen molar-refractivity contribution in [2.75, 3.05) is 14.2 Å². The number of pyridine rings is 1. The van der Waals surface area contributed by atoms with Crippen LogP contribution in [0.15, 0.2) is 36.5 Å². The monoisotopic (exact) mass is 261 g/mol. The van der Waals surface area contributed by atoms with Crippen molar-refractivity contribution in [1.82, 2.24) is 4.98 Å². The fraction of sp³-hybridized carbons (Fsp3) is 0.143. The lowest BCUT2D eigenvalue weighted by atomic mass is 10.0. The number of carbonyl (C=O) groups excluding carboxylic acids is 1. The molecule has 2 aromatic rings. The Labute approximate surface area is 109 Å². The van der Waals surface area contributed by atoms with E-state index in [-0.39, 0.29) is 22.8 Å². The highest BCUT2D eigenvalue weighted by Crippen LogP contribution is 2.24. The van der Waals surface area contributed by atoms with Crippen LogP contribution >= 0.6 is 0 Å². The first-order valence-electron chi connectivity index (χ1n) is 5.55. The van der Waals surface area contributed by atoms with Gasteiger partial charge in [-0.25, -0.2) is 9.37 Å². The molecule has 0 bridgehead atoms. The zero-order valence-electron chi connectivity index (χ0n) is 10.5. The summed E-state index contributed by atoms with van der Waals surface area (Å²) >= 11 is 0. The van der Waals surface area contributed by atoms with E-state index in [0.717, 1.165) is 0 Å². The lowest BCUT2D eigenvalue weighted by Crippen LogP contribution is -2.08. The van der Waals surface area contributed by atoms with Gasteiger partial charge in [-0.2, -0.15) is 0 Å². The van der Waals surface area contributed by atoms with E-state index in [9.17, 15) is 9.18 Å². The number of methoxy groups -OCH3 is 2. The van der Waals surface area contributed by atoms with Gasteiger partial charge in [0.25, 0.3) is 0 Å². The lowest BCUT2D eigenvalue weighted by Gasteiger charge is -2.08. The predicted molar refractivity (Wildman–Crippen MR) is 67.2 cm³/mol. The normalized spacial score (nSPS) is 10.1. The Bertz CT molecular complexity index is 613. The smallest absolute Gasteiger partial charge is 0.224 e. The van der Waals surface area contributed by atoms with Gasteiger partial charge in [0.15, 0.2) is 11.6 Å². The fourth-order valence-electron chi connectivity index (χ4n) is 1.72. The van der Waals surface area contributed by atoms with Gasteiger partial charge in [0, 0.05) is 6.20 Å². The molecule has 1 aromatic heterocycles. The molecule has 1 aromatic carbocycles. The van der Waals surface area contributed by atoms with Crippen molar-refractivity contribution in [3.63, 3.8) is 0 Å². The van der Waals surface area contributed by atoms with E-state index in [2.05, 4.69) is 4.98 Å². The second kappa shape index (κ2) is 5.48. The maximum absolute atomic E-state index is 14.0. The van der Waals surface area contributed by atoms with Crippen molar-refractivity contribution in [2.24, 2.45) is 0 Å². The van der Waals surface area contributed by atoms with Crippen LogP contribution in [0.5, 0.6) is 11.6 Å². The van der Waals surface area contributed by atoms with Gasteiger partial charge in [0.2, 0.25) is 11.7 Å². The Morgan fingerprint density at radius 3 is 2.53 bits per heavy atom. The summed E-state index contributed by atoms with van der Waals surface area (Å²) in [7, 11) is 2.75. The van der Waals surface area contributed by atoms with Gasteiger partial charge in [0.1, 0.15) is 0 Å². The lowest BCUT2D eigenvalue weighted by molar-refractivity contribution is 0.103. The Morgan fingerprint density at radius 1 is 1.11 bits per heavy atom. The molecule has 0 spiro atoms. The van der Waals surface area contributed by atoms with Gasteiger partial charge in [0.05, 0.1) is 25.3 Å². The molecule has 2 rings (SSSR count). The number of halogens is 1. The minimum atomic E-state index is -0.694. The molecule has 0 N–H and O–H groups in total. The van der Waals surface area contributed by atoms with E-state index in [1.807, 2.05) is 0 Å². The second-order valence-corrected chi connectivity index (χ2v) is 3.71. The van der Waals surface area contributed by atoms with Crippen molar-refractivity contribution in [3.8, 4) is 11.6 Å². The molecule has 98 valence electrons. The molecule has 0 radical (unpaired) electrons. The summed E-state index contributed by atoms with van der Waals surface area (Å²) in [6.45, 7) is 0. The molecule has 0 fully saturated rings. The SMILES string of the molecule is COc1cccc(C(=O)c2cccnc2OC)c1F. The Balaban J connectivity index is 2.50. The fourth-order valence-corrected chi connectivity index (χ4v) is 1.72. The Kier molecular flexibility index (Phi) is 3.75. The number of benzene rings is 1. The number of ether oxygens (including phenoxy) is 2. The summed E-state index contributed by atoms with van der Waals surface area (Å²) in [5, 5.41) is 0. The standard InChI is InChI=1S/C14H12FNO3/c1-18-11-7-3-5-9(12(11)15)13(17)10-6-4-8-16-14(10)19-2/h3-8H,1-2H3. The molecule has 0 unspecified atom stereocenters. The minimum Gasteiger partial charge on any atom is -0.494 e. The Morgan fingerprint density at radius 2 is 1.84 bits per heavy atom. The van der Waals surface area contributed by atoms with Gasteiger partial charge in [-0.05, 0) is 24.3 Å². The highest BCUT2D eigenvalue weighted by atomic mass is 19.1. The average Bonchev–Trinajstić information content (AvgIpc) is 2.46. The van der Waals surface area contributed by atoms with Crippen LogP contribution in [0.3, 0.4) is 0 Å². The van der Waals surface area contributed by atoms with Crippen LogP contribution in [0.25, 0.3) is 0 Å². The van der Waals surface area contributed by atoms with Crippen molar-refractivity contribution in [3.05, 3.63) is 53.5 Å². The number of aromatic nitrogens is 1. The van der Waals surface area contributed by atoms with Crippen molar-refractivity contribution >= 4 is 5.78 Å². The first-order valence-corrected chi connectivity index (χ1v) is 5.55. The van der Waals surface area contributed by atoms with E-state index in [1.54, 1.807) is 12.1 Å². The molecule has 0 aliphatic carbocycles. The summed E-state index contributed by atoms with van der Waals surface area (Å²) in [6, 6.07) is 7.53. The molecule has 0 aliphatic rings. The van der Waals surface area contributed by atoms with Gasteiger partial charge in [-0.1, -0.05) is 6.07 Å². The highest BCUT2D eigenvalue weighted by Gasteiger charge is 2.20. The second-order valence-electron chi connectivity index (χ2n) is 3.71. The van der Waals surface area contributed by atoms with Crippen LogP contribution in [0.4, 0.5) is 4.39 Å². The minimum absolute atomic E-state index is 0.0220. The van der Waals surface area contributed by atoms with Gasteiger partial charge in [-0.15, -0.1) is 0 Å². The quantitative estimate of drug-likeness (QED) is 0.793. The summed E-state index contributed by atoms with van der Waals surface area (Å²) in [5.74, 6) is -1.01. The first kappa shape index (κ1) is 13.0. The Hall–Kier alpha value is -2.43. The number of hydrogen-bond acceptors (Lipinski definition) is 4. The molecule has 0 atom stereocenters. The molecular formula is C14H12FNO3. The highest BCUT2D eigenvalue weighted by molar-refractivity contribution is 6.10. The van der Waals surface area contributed by atoms with Crippen LogP contribution in [0.2, 0.25) is 0 Å². The largest absolute Gasteiger partial charge is 0.494 e. The summed E-state index contributed by atoms with van der Waals surface area (Å²) in [4.78, 5) is 16.2. The van der Waals surface area contributed by atoms with Gasteiger partial charge < -0.3 is 9.47 Å². The molecule has 0 amide bonds. The van der Waals surface area contributed by atoms with Crippen LogP contribution in [-0.2, 0) is 0 Å². The molecule has 0 aliphatic heterocycles. The molecule has 4 nitrogen and oxygen atoms in total. The number of carbonyl (C=O) groups is 1. The molecule has 5 heteroatoms. The summed E-state index contributed by atoms with van der Waals surface area (Å²) in [5.41, 5.74) is 0.128. The van der Waals surface area contributed by atoms with Crippen molar-refractivity contribution in [2.45, 2.75) is 0 Å². The zero-order chi connectivity index (χ0) is 13.8. The topological polar surface area (TPSA) is 48.4 Å². The van der Waals surface area contributed by atoms with Crippen LogP contribution in [0.1, 0.15) is 15.9 Å². The van der Waals surface area contributed by atoms with Crippen molar-refractivity contribution in [1.29, 1.82) is 0 Å². The van der Waals surface area contributed by atoms with E-state index in [4.69, 9.17) is 9.47 Å². The predicted octanol–water partition coefficient (Wildman–Crippen LogP) is 2.47. The first-order chi connectivity index (χ1) is 9.19. The molecule has 0 saturated heterocycles. The van der Waals surface area contributed by atoms with Gasteiger partial charge >= 0.3 is 0 Å². The number of ketones is 1. The number of hydrogen-bond donors (Lipinski definition) is 0. The van der Waals surface area contributed by atoms with E-state index < -0.39 is 11.6 Å². The molecule has 0 saturated carbocycles. The van der Waals surface area contributed by atoms with Crippen LogP contribution in [-0.4, -0.2) is 25.0 Å². The summed E-state index contributed by atoms with van der Waals surface area (Å²) < 4.78 is 23.9. The van der Waals surface area contributed by atoms with E-state index in [0.29, 0.717) is 0 Å². The van der Waals surface area contributed by atoms with Crippen LogP contribution in [0, 0.1) is 5.82 Å². The third-order valence-electron chi connectivity index (χ3n) is 2.64.